The van der Waals surface area contributed by atoms with Gasteiger partial charge in [0.05, 0.1) is 11.4 Å². The van der Waals surface area contributed by atoms with Crippen LogP contribution in [0.25, 0.3) is 0 Å². The van der Waals surface area contributed by atoms with E-state index in [1.807, 2.05) is 35.2 Å². The maximum absolute atomic E-state index is 12.0. The molecule has 0 aliphatic carbocycles. The third-order valence-corrected chi connectivity index (χ3v) is 4.33. The lowest BCUT2D eigenvalue weighted by molar-refractivity contribution is -0.124. The Morgan fingerprint density at radius 1 is 1.24 bits per heavy atom. The van der Waals surface area contributed by atoms with Crippen LogP contribution in [0, 0.1) is 0 Å². The lowest BCUT2D eigenvalue weighted by atomic mass is 10.3. The number of hydrogen-bond acceptors (Lipinski definition) is 4. The summed E-state index contributed by atoms with van der Waals surface area (Å²) < 4.78 is 0. The fraction of sp³-hybridized carbons (Fsp3) is 0.467. The highest BCUT2D eigenvalue weighted by molar-refractivity contribution is 8.93. The Morgan fingerprint density at radius 2 is 1.90 bits per heavy atom. The van der Waals surface area contributed by atoms with Crippen LogP contribution in [0.1, 0.15) is 13.8 Å². The molecule has 0 saturated carbocycles. The number of aliphatic imine (C=N–C) groups is 1. The van der Waals surface area contributed by atoms with Crippen LogP contribution in [0.5, 0.6) is 0 Å². The first-order chi connectivity index (χ1) is 9.74. The number of nitrogens with zero attached hydrogens (tertiary/aromatic N) is 3. The number of amidine groups is 1. The zero-order valence-corrected chi connectivity index (χ0v) is 15.0. The quantitative estimate of drug-likeness (QED) is 0.770. The van der Waals surface area contributed by atoms with Crippen molar-refractivity contribution in [2.24, 2.45) is 4.99 Å². The summed E-state index contributed by atoms with van der Waals surface area (Å²) in [6.07, 6.45) is 0. The summed E-state index contributed by atoms with van der Waals surface area (Å²) >= 11 is 1.53. The van der Waals surface area contributed by atoms with Gasteiger partial charge in [-0.05, 0) is 25.2 Å². The Kier molecular flexibility index (Phi) is 8.00. The van der Waals surface area contributed by atoms with E-state index >= 15 is 0 Å². The summed E-state index contributed by atoms with van der Waals surface area (Å²) in [6.45, 7) is 7.92. The number of hydrogen-bond donors (Lipinski definition) is 0. The predicted molar refractivity (Wildman–Crippen MR) is 95.8 cm³/mol. The largest absolute Gasteiger partial charge is 0.302 e. The van der Waals surface area contributed by atoms with E-state index < -0.39 is 0 Å². The molecule has 2 rings (SSSR count). The Labute approximate surface area is 141 Å². The van der Waals surface area contributed by atoms with Gasteiger partial charge in [-0.2, -0.15) is 0 Å². The topological polar surface area (TPSA) is 35.9 Å². The van der Waals surface area contributed by atoms with Gasteiger partial charge in [0.25, 0.3) is 0 Å². The average Bonchev–Trinajstić information content (AvgIpc) is 2.82. The van der Waals surface area contributed by atoms with Gasteiger partial charge in [-0.1, -0.05) is 43.8 Å². The van der Waals surface area contributed by atoms with Crippen molar-refractivity contribution >= 4 is 45.5 Å². The number of thioether (sulfide) groups is 1. The molecular weight excluding hydrogens is 350 g/mol. The van der Waals surface area contributed by atoms with Crippen LogP contribution in [0.2, 0.25) is 0 Å². The lowest BCUT2D eigenvalue weighted by Crippen LogP contribution is -2.38. The molecule has 116 valence electrons. The van der Waals surface area contributed by atoms with Gasteiger partial charge in [0, 0.05) is 13.1 Å². The van der Waals surface area contributed by atoms with Gasteiger partial charge in [-0.3, -0.25) is 9.69 Å². The van der Waals surface area contributed by atoms with Crippen molar-refractivity contribution in [3.8, 4) is 0 Å². The molecule has 1 aliphatic heterocycles. The summed E-state index contributed by atoms with van der Waals surface area (Å²) in [5.74, 6) is 0.668. The molecule has 0 unspecified atom stereocenters. The molecule has 4 nitrogen and oxygen atoms in total. The van der Waals surface area contributed by atoms with Gasteiger partial charge >= 0.3 is 0 Å². The smallest absolute Gasteiger partial charge is 0.239 e. The van der Waals surface area contributed by atoms with Gasteiger partial charge in [-0.15, -0.1) is 17.0 Å². The van der Waals surface area contributed by atoms with Crippen molar-refractivity contribution in [2.75, 3.05) is 31.9 Å². The van der Waals surface area contributed by atoms with Crippen LogP contribution < -0.4 is 0 Å². The number of likely N-dealkylation sites (N-methyl/N-ethyl adjacent to an activating group) is 1. The predicted octanol–water partition coefficient (Wildman–Crippen LogP) is 3.17. The number of carbonyl (C=O) groups excluding carboxylic acids is 1. The Hall–Kier alpha value is -0.850. The summed E-state index contributed by atoms with van der Waals surface area (Å²) in [5, 5.41) is 0.827. The molecule has 6 heteroatoms. The zero-order chi connectivity index (χ0) is 14.4. The van der Waals surface area contributed by atoms with Gasteiger partial charge in [0.2, 0.25) is 5.91 Å². The summed E-state index contributed by atoms with van der Waals surface area (Å²) in [4.78, 5) is 20.7. The van der Waals surface area contributed by atoms with E-state index in [2.05, 4.69) is 23.7 Å². The zero-order valence-electron chi connectivity index (χ0n) is 12.5. The Balaban J connectivity index is 0.00000220. The molecule has 0 spiro atoms. The van der Waals surface area contributed by atoms with E-state index in [9.17, 15) is 4.79 Å². The number of amides is 1. The first-order valence-electron chi connectivity index (χ1n) is 7.03. The van der Waals surface area contributed by atoms with Crippen LogP contribution in [-0.4, -0.2) is 52.8 Å². The molecule has 0 atom stereocenters. The van der Waals surface area contributed by atoms with Crippen LogP contribution in [-0.2, 0) is 4.79 Å². The van der Waals surface area contributed by atoms with E-state index in [0.717, 1.165) is 37.0 Å². The van der Waals surface area contributed by atoms with E-state index in [-0.39, 0.29) is 22.9 Å². The number of benzene rings is 1. The van der Waals surface area contributed by atoms with E-state index in [1.54, 1.807) is 0 Å². The minimum absolute atomic E-state index is 0. The van der Waals surface area contributed by atoms with Gasteiger partial charge < -0.3 is 4.90 Å². The fourth-order valence-electron chi connectivity index (χ4n) is 2.10. The van der Waals surface area contributed by atoms with Crippen molar-refractivity contribution in [1.29, 1.82) is 0 Å². The molecule has 1 saturated heterocycles. The normalized spacial score (nSPS) is 16.6. The Morgan fingerprint density at radius 3 is 2.52 bits per heavy atom. The molecule has 1 aliphatic rings. The van der Waals surface area contributed by atoms with Gasteiger partial charge in [0.15, 0.2) is 5.17 Å². The fourth-order valence-corrected chi connectivity index (χ4v) is 3.02. The lowest BCUT2D eigenvalue weighted by Gasteiger charge is -2.22. The third-order valence-electron chi connectivity index (χ3n) is 3.37. The molecule has 0 radical (unpaired) electrons. The molecule has 0 N–H and O–H groups in total. The van der Waals surface area contributed by atoms with Crippen LogP contribution in [0.3, 0.4) is 0 Å². The van der Waals surface area contributed by atoms with Crippen molar-refractivity contribution < 1.29 is 4.79 Å². The standard InChI is InChI=1S/C15H21N3OS.BrH/c1-3-17(4-2)10-11-18-14(19)12-20-15(18)16-13-8-6-5-7-9-13;/h5-9H,3-4,10-12H2,1-2H3;1H. The second kappa shape index (κ2) is 9.23. The molecule has 1 fully saturated rings. The average molecular weight is 372 g/mol. The second-order valence-electron chi connectivity index (χ2n) is 4.59. The molecular formula is C15H22BrN3OS. The van der Waals surface area contributed by atoms with Crippen molar-refractivity contribution in [1.82, 2.24) is 9.80 Å². The molecule has 21 heavy (non-hydrogen) atoms. The first-order valence-corrected chi connectivity index (χ1v) is 8.02. The van der Waals surface area contributed by atoms with Gasteiger partial charge in [0.1, 0.15) is 0 Å². The molecule has 0 bridgehead atoms. The highest BCUT2D eigenvalue weighted by Gasteiger charge is 2.28. The molecule has 1 aromatic rings. The molecule has 0 aromatic heterocycles. The summed E-state index contributed by atoms with van der Waals surface area (Å²) in [7, 11) is 0. The number of para-hydroxylation sites is 1. The van der Waals surface area contributed by atoms with Crippen LogP contribution >= 0.6 is 28.7 Å². The summed E-state index contributed by atoms with van der Waals surface area (Å²) in [5.41, 5.74) is 0.900. The minimum Gasteiger partial charge on any atom is -0.302 e. The van der Waals surface area contributed by atoms with Crippen molar-refractivity contribution in [3.05, 3.63) is 30.3 Å². The summed E-state index contributed by atoms with van der Waals surface area (Å²) in [6, 6.07) is 9.80. The molecule has 1 amide bonds. The maximum Gasteiger partial charge on any atom is 0.239 e. The number of carbonyl (C=O) groups is 1. The van der Waals surface area contributed by atoms with Crippen LogP contribution in [0.4, 0.5) is 5.69 Å². The van der Waals surface area contributed by atoms with Gasteiger partial charge in [-0.25, -0.2) is 4.99 Å². The first kappa shape index (κ1) is 18.2. The monoisotopic (exact) mass is 371 g/mol. The van der Waals surface area contributed by atoms with Crippen molar-refractivity contribution in [3.63, 3.8) is 0 Å². The molecule has 1 heterocycles. The molecule has 1 aromatic carbocycles. The second-order valence-corrected chi connectivity index (χ2v) is 5.53. The minimum atomic E-state index is 0. The van der Waals surface area contributed by atoms with E-state index in [1.165, 1.54) is 11.8 Å². The SMILES string of the molecule is Br.CCN(CC)CCN1C(=O)CSC1=Nc1ccccc1. The number of halogens is 1. The highest BCUT2D eigenvalue weighted by atomic mass is 79.9. The third kappa shape index (κ3) is 5.13. The highest BCUT2D eigenvalue weighted by Crippen LogP contribution is 2.23. The Bertz CT molecular complexity index is 477. The number of rotatable bonds is 6. The van der Waals surface area contributed by atoms with E-state index in [4.69, 9.17) is 0 Å². The maximum atomic E-state index is 12.0. The van der Waals surface area contributed by atoms with E-state index in [0.29, 0.717) is 5.75 Å². The van der Waals surface area contributed by atoms with Crippen molar-refractivity contribution in [2.45, 2.75) is 13.8 Å². The van der Waals surface area contributed by atoms with Crippen LogP contribution in [0.15, 0.2) is 35.3 Å².